The SMILES string of the molecule is CC1CN(C(=O)c2cc(Cl)nc(Cl)c2)CC(C)O1. The monoisotopic (exact) mass is 288 g/mol. The van der Waals surface area contributed by atoms with Crippen LogP contribution in [0.15, 0.2) is 12.1 Å². The highest BCUT2D eigenvalue weighted by Crippen LogP contribution is 2.19. The topological polar surface area (TPSA) is 42.4 Å². The molecule has 0 radical (unpaired) electrons. The molecular formula is C12H14Cl2N2O2. The van der Waals surface area contributed by atoms with Crippen molar-refractivity contribution < 1.29 is 9.53 Å². The number of morpholine rings is 1. The largest absolute Gasteiger partial charge is 0.372 e. The molecule has 1 amide bonds. The summed E-state index contributed by atoms with van der Waals surface area (Å²) in [4.78, 5) is 17.9. The average Bonchev–Trinajstić information content (AvgIpc) is 2.25. The average molecular weight is 289 g/mol. The number of rotatable bonds is 1. The van der Waals surface area contributed by atoms with Crippen LogP contribution < -0.4 is 0 Å². The fourth-order valence-electron chi connectivity index (χ4n) is 2.11. The molecule has 4 nitrogen and oxygen atoms in total. The lowest BCUT2D eigenvalue weighted by Gasteiger charge is -2.35. The van der Waals surface area contributed by atoms with Gasteiger partial charge in [0.25, 0.3) is 5.91 Å². The molecule has 2 unspecified atom stereocenters. The van der Waals surface area contributed by atoms with Crippen LogP contribution in [-0.4, -0.2) is 41.1 Å². The van der Waals surface area contributed by atoms with Gasteiger partial charge in [-0.1, -0.05) is 23.2 Å². The highest BCUT2D eigenvalue weighted by atomic mass is 35.5. The van der Waals surface area contributed by atoms with Crippen LogP contribution in [-0.2, 0) is 4.74 Å². The Morgan fingerprint density at radius 1 is 1.28 bits per heavy atom. The lowest BCUT2D eigenvalue weighted by atomic mass is 10.2. The molecule has 1 aliphatic heterocycles. The summed E-state index contributed by atoms with van der Waals surface area (Å²) in [6.07, 6.45) is 0.0657. The van der Waals surface area contributed by atoms with Gasteiger partial charge in [0.15, 0.2) is 0 Å². The molecule has 18 heavy (non-hydrogen) atoms. The highest BCUT2D eigenvalue weighted by molar-refractivity contribution is 6.33. The summed E-state index contributed by atoms with van der Waals surface area (Å²) in [5, 5.41) is 0.445. The highest BCUT2D eigenvalue weighted by Gasteiger charge is 2.26. The summed E-state index contributed by atoms with van der Waals surface area (Å²) in [5.74, 6) is -0.0943. The molecule has 0 saturated carbocycles. The molecule has 0 aliphatic carbocycles. The minimum atomic E-state index is -0.0943. The summed E-state index contributed by atoms with van der Waals surface area (Å²) >= 11 is 11.6. The molecule has 2 rings (SSSR count). The van der Waals surface area contributed by atoms with E-state index in [0.29, 0.717) is 18.7 Å². The first kappa shape index (κ1) is 13.6. The van der Waals surface area contributed by atoms with Crippen molar-refractivity contribution in [1.29, 1.82) is 0 Å². The smallest absolute Gasteiger partial charge is 0.254 e. The van der Waals surface area contributed by atoms with E-state index in [9.17, 15) is 4.79 Å². The first-order valence-corrected chi connectivity index (χ1v) is 6.49. The van der Waals surface area contributed by atoms with Gasteiger partial charge in [-0.2, -0.15) is 0 Å². The van der Waals surface area contributed by atoms with Crippen LogP contribution in [0, 0.1) is 0 Å². The lowest BCUT2D eigenvalue weighted by molar-refractivity contribution is -0.0586. The van der Waals surface area contributed by atoms with E-state index in [0.717, 1.165) is 0 Å². The van der Waals surface area contributed by atoms with Crippen LogP contribution in [0.2, 0.25) is 10.3 Å². The Labute approximate surface area is 116 Å². The molecular weight excluding hydrogens is 275 g/mol. The van der Waals surface area contributed by atoms with Gasteiger partial charge >= 0.3 is 0 Å². The number of nitrogens with zero attached hydrogens (tertiary/aromatic N) is 2. The van der Waals surface area contributed by atoms with Gasteiger partial charge in [0.05, 0.1) is 12.2 Å². The maximum absolute atomic E-state index is 12.3. The predicted octanol–water partition coefficient (Wildman–Crippen LogP) is 2.64. The van der Waals surface area contributed by atoms with E-state index >= 15 is 0 Å². The fourth-order valence-corrected chi connectivity index (χ4v) is 2.58. The van der Waals surface area contributed by atoms with Gasteiger partial charge in [-0.15, -0.1) is 0 Å². The predicted molar refractivity (Wildman–Crippen MR) is 70.2 cm³/mol. The molecule has 1 aliphatic rings. The molecule has 0 spiro atoms. The summed E-state index contributed by atoms with van der Waals surface area (Å²) in [6, 6.07) is 3.06. The Balaban J connectivity index is 2.20. The third kappa shape index (κ3) is 3.13. The second-order valence-electron chi connectivity index (χ2n) is 4.47. The maximum Gasteiger partial charge on any atom is 0.254 e. The van der Waals surface area contributed by atoms with E-state index < -0.39 is 0 Å². The number of hydrogen-bond acceptors (Lipinski definition) is 3. The van der Waals surface area contributed by atoms with Crippen LogP contribution in [0.1, 0.15) is 24.2 Å². The molecule has 1 aromatic heterocycles. The molecule has 1 saturated heterocycles. The van der Waals surface area contributed by atoms with Gasteiger partial charge in [-0.25, -0.2) is 4.98 Å². The summed E-state index contributed by atoms with van der Waals surface area (Å²) in [7, 11) is 0. The van der Waals surface area contributed by atoms with Crippen molar-refractivity contribution in [2.24, 2.45) is 0 Å². The number of carbonyl (C=O) groups excluding carboxylic acids is 1. The Hall–Kier alpha value is -0.840. The van der Waals surface area contributed by atoms with Crippen molar-refractivity contribution in [3.63, 3.8) is 0 Å². The minimum absolute atomic E-state index is 0.0329. The number of pyridine rings is 1. The molecule has 0 aromatic carbocycles. The maximum atomic E-state index is 12.3. The Morgan fingerprint density at radius 3 is 2.28 bits per heavy atom. The van der Waals surface area contributed by atoms with Gasteiger partial charge in [0.2, 0.25) is 0 Å². The zero-order valence-electron chi connectivity index (χ0n) is 10.2. The molecule has 0 N–H and O–H groups in total. The van der Waals surface area contributed by atoms with Crippen molar-refractivity contribution in [3.8, 4) is 0 Å². The second kappa shape index (κ2) is 5.43. The van der Waals surface area contributed by atoms with Crippen LogP contribution in [0.25, 0.3) is 0 Å². The van der Waals surface area contributed by atoms with E-state index in [1.54, 1.807) is 4.90 Å². The van der Waals surface area contributed by atoms with Crippen molar-refractivity contribution >= 4 is 29.1 Å². The summed E-state index contributed by atoms with van der Waals surface area (Å²) < 4.78 is 5.59. The van der Waals surface area contributed by atoms with Crippen molar-refractivity contribution in [1.82, 2.24) is 9.88 Å². The number of hydrogen-bond donors (Lipinski definition) is 0. The van der Waals surface area contributed by atoms with E-state index in [1.165, 1.54) is 12.1 Å². The van der Waals surface area contributed by atoms with Gasteiger partial charge < -0.3 is 9.64 Å². The Bertz CT molecular complexity index is 437. The normalized spacial score (nSPS) is 24.1. The van der Waals surface area contributed by atoms with Crippen LogP contribution >= 0.6 is 23.2 Å². The van der Waals surface area contributed by atoms with Gasteiger partial charge in [0.1, 0.15) is 10.3 Å². The lowest BCUT2D eigenvalue weighted by Crippen LogP contribution is -2.48. The zero-order chi connectivity index (χ0) is 13.3. The quantitative estimate of drug-likeness (QED) is 0.746. The minimum Gasteiger partial charge on any atom is -0.372 e. The van der Waals surface area contributed by atoms with Gasteiger partial charge in [-0.3, -0.25) is 4.79 Å². The standard InChI is InChI=1S/C12H14Cl2N2O2/c1-7-5-16(6-8(2)18-7)12(17)9-3-10(13)15-11(14)4-9/h3-4,7-8H,5-6H2,1-2H3. The van der Waals surface area contributed by atoms with E-state index in [2.05, 4.69) is 4.98 Å². The molecule has 2 heterocycles. The van der Waals surface area contributed by atoms with Crippen molar-refractivity contribution in [3.05, 3.63) is 28.0 Å². The number of amides is 1. The zero-order valence-corrected chi connectivity index (χ0v) is 11.7. The molecule has 98 valence electrons. The number of aromatic nitrogens is 1. The van der Waals surface area contributed by atoms with E-state index in [-0.39, 0.29) is 28.4 Å². The number of carbonyl (C=O) groups is 1. The number of ether oxygens (including phenoxy) is 1. The molecule has 2 atom stereocenters. The Kier molecular flexibility index (Phi) is 4.10. The molecule has 1 fully saturated rings. The van der Waals surface area contributed by atoms with E-state index in [4.69, 9.17) is 27.9 Å². The van der Waals surface area contributed by atoms with Gasteiger partial charge in [0, 0.05) is 18.7 Å². The molecule has 1 aromatic rings. The van der Waals surface area contributed by atoms with Crippen LogP contribution in [0.5, 0.6) is 0 Å². The Morgan fingerprint density at radius 2 is 1.78 bits per heavy atom. The fraction of sp³-hybridized carbons (Fsp3) is 0.500. The first-order chi connectivity index (χ1) is 8.45. The molecule has 0 bridgehead atoms. The first-order valence-electron chi connectivity index (χ1n) is 5.73. The van der Waals surface area contributed by atoms with Gasteiger partial charge in [-0.05, 0) is 26.0 Å². The summed E-state index contributed by atoms with van der Waals surface area (Å²) in [6.45, 7) is 5.03. The van der Waals surface area contributed by atoms with Crippen molar-refractivity contribution in [2.75, 3.05) is 13.1 Å². The number of halogens is 2. The third-order valence-electron chi connectivity index (χ3n) is 2.72. The second-order valence-corrected chi connectivity index (χ2v) is 5.24. The van der Waals surface area contributed by atoms with Crippen LogP contribution in [0.4, 0.5) is 0 Å². The molecule has 6 heteroatoms. The summed E-state index contributed by atoms with van der Waals surface area (Å²) in [5.41, 5.74) is 0.460. The third-order valence-corrected chi connectivity index (χ3v) is 3.10. The van der Waals surface area contributed by atoms with E-state index in [1.807, 2.05) is 13.8 Å². The van der Waals surface area contributed by atoms with Crippen LogP contribution in [0.3, 0.4) is 0 Å². The van der Waals surface area contributed by atoms with Crippen molar-refractivity contribution in [2.45, 2.75) is 26.1 Å².